The Morgan fingerprint density at radius 1 is 1.00 bits per heavy atom. The molecule has 1 N–H and O–H groups in total. The van der Waals surface area contributed by atoms with Crippen LogP contribution in [-0.4, -0.2) is 37.5 Å². The van der Waals surface area contributed by atoms with Crippen LogP contribution in [0.1, 0.15) is 64.5 Å². The number of benzene rings is 2. The highest BCUT2D eigenvalue weighted by molar-refractivity contribution is 5.97. The van der Waals surface area contributed by atoms with E-state index in [-0.39, 0.29) is 23.8 Å². The fourth-order valence-corrected chi connectivity index (χ4v) is 6.17. The van der Waals surface area contributed by atoms with Gasteiger partial charge in [-0.05, 0) is 56.9 Å². The monoisotopic (exact) mass is 447 g/mol. The van der Waals surface area contributed by atoms with Crippen molar-refractivity contribution in [3.63, 3.8) is 0 Å². The summed E-state index contributed by atoms with van der Waals surface area (Å²) in [6.45, 7) is 8.01. The van der Waals surface area contributed by atoms with Crippen LogP contribution in [0.2, 0.25) is 0 Å². The van der Waals surface area contributed by atoms with Gasteiger partial charge in [-0.15, -0.1) is 0 Å². The van der Waals surface area contributed by atoms with E-state index < -0.39 is 11.0 Å². The number of nitrogens with zero attached hydrogens (tertiary/aromatic N) is 2. The Bertz CT molecular complexity index is 1040. The summed E-state index contributed by atoms with van der Waals surface area (Å²) in [5.74, 6) is 0.154. The van der Waals surface area contributed by atoms with Crippen molar-refractivity contribution < 1.29 is 9.59 Å². The van der Waals surface area contributed by atoms with Gasteiger partial charge in [0.25, 0.3) is 0 Å². The highest BCUT2D eigenvalue weighted by Gasteiger charge is 2.56. The Morgan fingerprint density at radius 2 is 1.64 bits per heavy atom. The van der Waals surface area contributed by atoms with Gasteiger partial charge in [0.2, 0.25) is 11.8 Å². The Hall–Kier alpha value is -2.82. The van der Waals surface area contributed by atoms with Gasteiger partial charge in [-0.1, -0.05) is 49.2 Å². The van der Waals surface area contributed by atoms with Gasteiger partial charge in [-0.2, -0.15) is 0 Å². The van der Waals surface area contributed by atoms with Crippen LogP contribution in [0.25, 0.3) is 0 Å². The molecule has 0 aromatic heterocycles. The Labute approximate surface area is 198 Å². The molecule has 2 atom stereocenters. The van der Waals surface area contributed by atoms with Gasteiger partial charge in [0.15, 0.2) is 0 Å². The average Bonchev–Trinajstić information content (AvgIpc) is 3.31. The molecule has 176 valence electrons. The van der Waals surface area contributed by atoms with E-state index in [9.17, 15) is 9.59 Å². The lowest BCUT2D eigenvalue weighted by atomic mass is 9.61. The van der Waals surface area contributed by atoms with E-state index >= 15 is 0 Å². The molecule has 0 spiro atoms. The standard InChI is InChI=1S/C28H37N3O2/c1-19(32)31-24-18-22(30(5)6)16-17-23(24)28(4,21-14-8-7-9-15-21)26(27(31,2)3)29-25(33)20-12-10-11-13-20/h7-9,14-18,20,26H,10-13H2,1-6H3,(H,29,33). The van der Waals surface area contributed by atoms with Crippen molar-refractivity contribution in [3.05, 3.63) is 59.7 Å². The van der Waals surface area contributed by atoms with E-state index in [0.717, 1.165) is 48.2 Å². The Kier molecular flexibility index (Phi) is 6.02. The number of nitrogens with one attached hydrogen (secondary N) is 1. The molecule has 33 heavy (non-hydrogen) atoms. The predicted octanol–water partition coefficient (Wildman–Crippen LogP) is 4.88. The second kappa shape index (κ2) is 8.51. The van der Waals surface area contributed by atoms with E-state index in [0.29, 0.717) is 0 Å². The molecule has 5 heteroatoms. The number of rotatable bonds is 4. The second-order valence-electron chi connectivity index (χ2n) is 10.6. The number of carbonyl (C=O) groups is 2. The fourth-order valence-electron chi connectivity index (χ4n) is 6.17. The largest absolute Gasteiger partial charge is 0.378 e. The third kappa shape index (κ3) is 3.81. The van der Waals surface area contributed by atoms with Crippen LogP contribution in [0.4, 0.5) is 11.4 Å². The normalized spacial score (nSPS) is 24.3. The van der Waals surface area contributed by atoms with Crippen LogP contribution in [0.5, 0.6) is 0 Å². The molecule has 4 rings (SSSR count). The van der Waals surface area contributed by atoms with Crippen LogP contribution in [0.15, 0.2) is 48.5 Å². The van der Waals surface area contributed by atoms with E-state index in [4.69, 9.17) is 0 Å². The van der Waals surface area contributed by atoms with Crippen molar-refractivity contribution in [2.75, 3.05) is 23.9 Å². The molecule has 0 radical (unpaired) electrons. The molecule has 1 aliphatic carbocycles. The third-order valence-corrected chi connectivity index (χ3v) is 7.86. The number of carbonyl (C=O) groups excluding carboxylic acids is 2. The zero-order valence-electron chi connectivity index (χ0n) is 20.8. The molecule has 1 saturated carbocycles. The molecule has 1 heterocycles. The van der Waals surface area contributed by atoms with Gasteiger partial charge in [-0.3, -0.25) is 9.59 Å². The van der Waals surface area contributed by atoms with Gasteiger partial charge < -0.3 is 15.1 Å². The Balaban J connectivity index is 1.95. The highest BCUT2D eigenvalue weighted by Crippen LogP contribution is 2.51. The highest BCUT2D eigenvalue weighted by atomic mass is 16.2. The molecule has 2 unspecified atom stereocenters. The molecule has 2 aromatic carbocycles. The summed E-state index contributed by atoms with van der Waals surface area (Å²) in [5.41, 5.74) is 3.01. The molecule has 2 amide bonds. The van der Waals surface area contributed by atoms with Crippen molar-refractivity contribution in [2.24, 2.45) is 5.92 Å². The molecule has 5 nitrogen and oxygen atoms in total. The minimum atomic E-state index is -0.636. The summed E-state index contributed by atoms with van der Waals surface area (Å²) >= 11 is 0. The summed E-state index contributed by atoms with van der Waals surface area (Å²) in [5, 5.41) is 3.46. The summed E-state index contributed by atoms with van der Waals surface area (Å²) in [4.78, 5) is 30.5. The minimum absolute atomic E-state index is 0.0209. The van der Waals surface area contributed by atoms with Crippen molar-refractivity contribution in [1.82, 2.24) is 5.32 Å². The van der Waals surface area contributed by atoms with Gasteiger partial charge in [0.1, 0.15) is 0 Å². The predicted molar refractivity (Wildman–Crippen MR) is 135 cm³/mol. The van der Waals surface area contributed by atoms with Gasteiger partial charge in [0.05, 0.1) is 17.3 Å². The molecule has 0 bridgehead atoms. The lowest BCUT2D eigenvalue weighted by Crippen LogP contribution is -2.70. The van der Waals surface area contributed by atoms with Crippen molar-refractivity contribution in [2.45, 2.75) is 70.4 Å². The van der Waals surface area contributed by atoms with Gasteiger partial charge in [0, 0.05) is 38.0 Å². The van der Waals surface area contributed by atoms with Crippen LogP contribution in [0.3, 0.4) is 0 Å². The maximum Gasteiger partial charge on any atom is 0.224 e. The van der Waals surface area contributed by atoms with E-state index in [2.05, 4.69) is 73.5 Å². The van der Waals surface area contributed by atoms with Crippen LogP contribution < -0.4 is 15.1 Å². The zero-order chi connectivity index (χ0) is 24.0. The minimum Gasteiger partial charge on any atom is -0.378 e. The topological polar surface area (TPSA) is 52.7 Å². The van der Waals surface area contributed by atoms with E-state index in [1.165, 1.54) is 0 Å². The number of amides is 2. The third-order valence-electron chi connectivity index (χ3n) is 7.86. The quantitative estimate of drug-likeness (QED) is 0.727. The number of hydrogen-bond acceptors (Lipinski definition) is 3. The van der Waals surface area contributed by atoms with E-state index in [1.54, 1.807) is 6.92 Å². The molecular formula is C28H37N3O2. The number of anilines is 2. The van der Waals surface area contributed by atoms with Crippen molar-refractivity contribution >= 4 is 23.2 Å². The zero-order valence-corrected chi connectivity index (χ0v) is 20.8. The smallest absolute Gasteiger partial charge is 0.224 e. The SMILES string of the molecule is CC(=O)N1c2cc(N(C)C)ccc2C(C)(c2ccccc2)C(NC(=O)C2CCCC2)C1(C)C. The first kappa shape index (κ1) is 23.3. The van der Waals surface area contributed by atoms with Crippen LogP contribution in [-0.2, 0) is 15.0 Å². The molecule has 2 aliphatic rings. The maximum atomic E-state index is 13.4. The van der Waals surface area contributed by atoms with E-state index in [1.807, 2.05) is 25.1 Å². The lowest BCUT2D eigenvalue weighted by molar-refractivity contribution is -0.127. The molecule has 1 fully saturated rings. The summed E-state index contributed by atoms with van der Waals surface area (Å²) in [7, 11) is 4.02. The molecule has 1 aliphatic heterocycles. The van der Waals surface area contributed by atoms with Crippen molar-refractivity contribution in [3.8, 4) is 0 Å². The number of hydrogen-bond donors (Lipinski definition) is 1. The lowest BCUT2D eigenvalue weighted by Gasteiger charge is -2.57. The first-order valence-corrected chi connectivity index (χ1v) is 12.1. The average molecular weight is 448 g/mol. The summed E-state index contributed by atoms with van der Waals surface area (Å²) < 4.78 is 0. The molecule has 2 aromatic rings. The fraction of sp³-hybridized carbons (Fsp3) is 0.500. The van der Waals surface area contributed by atoms with Crippen LogP contribution in [0, 0.1) is 5.92 Å². The maximum absolute atomic E-state index is 13.4. The van der Waals surface area contributed by atoms with Crippen molar-refractivity contribution in [1.29, 1.82) is 0 Å². The summed E-state index contributed by atoms with van der Waals surface area (Å²) in [6, 6.07) is 16.4. The number of fused-ring (bicyclic) bond motifs is 1. The second-order valence-corrected chi connectivity index (χ2v) is 10.6. The molecular weight excluding hydrogens is 410 g/mol. The first-order chi connectivity index (χ1) is 15.6. The van der Waals surface area contributed by atoms with Crippen LogP contribution >= 0.6 is 0 Å². The molecule has 0 saturated heterocycles. The Morgan fingerprint density at radius 3 is 2.21 bits per heavy atom. The summed E-state index contributed by atoms with van der Waals surface area (Å²) in [6.07, 6.45) is 4.11. The van der Waals surface area contributed by atoms with Gasteiger partial charge in [-0.25, -0.2) is 0 Å². The first-order valence-electron chi connectivity index (χ1n) is 12.1. The van der Waals surface area contributed by atoms with Gasteiger partial charge >= 0.3 is 0 Å².